The van der Waals surface area contributed by atoms with Gasteiger partial charge in [-0.3, -0.25) is 0 Å². The lowest BCUT2D eigenvalue weighted by Crippen LogP contribution is -2.40. The van der Waals surface area contributed by atoms with Gasteiger partial charge in [0.15, 0.2) is 0 Å². The molecule has 0 spiro atoms. The van der Waals surface area contributed by atoms with E-state index in [9.17, 15) is 0 Å². The lowest BCUT2D eigenvalue weighted by molar-refractivity contribution is 0.106. The van der Waals surface area contributed by atoms with Crippen molar-refractivity contribution in [3.63, 3.8) is 0 Å². The summed E-state index contributed by atoms with van der Waals surface area (Å²) in [6.07, 6.45) is 0. The van der Waals surface area contributed by atoms with E-state index in [1.54, 1.807) is 0 Å². The van der Waals surface area contributed by atoms with Crippen molar-refractivity contribution in [1.82, 2.24) is 5.32 Å². The molecular formula is C15H25NO2. The van der Waals surface area contributed by atoms with Crippen LogP contribution in [0.3, 0.4) is 0 Å². The van der Waals surface area contributed by atoms with Crippen molar-refractivity contribution in [1.29, 1.82) is 0 Å². The van der Waals surface area contributed by atoms with Gasteiger partial charge in [0.25, 0.3) is 0 Å². The molecule has 0 saturated carbocycles. The molecule has 1 aromatic rings. The maximum atomic E-state index is 5.64. The lowest BCUT2D eigenvalue weighted by atomic mass is 10.1. The average Bonchev–Trinajstić information content (AvgIpc) is 2.38. The first-order valence-electron chi connectivity index (χ1n) is 6.73. The van der Waals surface area contributed by atoms with Crippen LogP contribution in [0.5, 0.6) is 5.75 Å². The van der Waals surface area contributed by atoms with Crippen LogP contribution in [-0.4, -0.2) is 32.4 Å². The van der Waals surface area contributed by atoms with Crippen molar-refractivity contribution in [3.05, 3.63) is 30.3 Å². The fraction of sp³-hybridized carbons (Fsp3) is 0.600. The molecule has 18 heavy (non-hydrogen) atoms. The summed E-state index contributed by atoms with van der Waals surface area (Å²) < 4.78 is 11.1. The second-order valence-corrected chi connectivity index (χ2v) is 4.63. The Morgan fingerprint density at radius 1 is 1.17 bits per heavy atom. The van der Waals surface area contributed by atoms with Crippen molar-refractivity contribution in [2.24, 2.45) is 5.92 Å². The normalized spacial score (nSPS) is 12.7. The SMILES string of the molecule is CCOCC(NCCOc1ccccc1)C(C)C. The number of benzene rings is 1. The summed E-state index contributed by atoms with van der Waals surface area (Å²) in [5.74, 6) is 1.48. The average molecular weight is 251 g/mol. The Morgan fingerprint density at radius 3 is 2.50 bits per heavy atom. The molecule has 0 bridgehead atoms. The summed E-state index contributed by atoms with van der Waals surface area (Å²) in [6.45, 7) is 9.48. The molecule has 0 aliphatic carbocycles. The molecule has 1 aromatic carbocycles. The monoisotopic (exact) mass is 251 g/mol. The Kier molecular flexibility index (Phi) is 7.46. The van der Waals surface area contributed by atoms with Crippen LogP contribution >= 0.6 is 0 Å². The summed E-state index contributed by atoms with van der Waals surface area (Å²) >= 11 is 0. The fourth-order valence-corrected chi connectivity index (χ4v) is 1.66. The molecule has 3 heteroatoms. The third-order valence-corrected chi connectivity index (χ3v) is 2.83. The molecule has 0 heterocycles. The lowest BCUT2D eigenvalue weighted by Gasteiger charge is -2.22. The molecule has 1 rings (SSSR count). The van der Waals surface area contributed by atoms with Gasteiger partial charge in [0.1, 0.15) is 12.4 Å². The van der Waals surface area contributed by atoms with Crippen LogP contribution in [0.2, 0.25) is 0 Å². The van der Waals surface area contributed by atoms with Crippen LogP contribution in [0.25, 0.3) is 0 Å². The van der Waals surface area contributed by atoms with E-state index in [-0.39, 0.29) is 0 Å². The zero-order valence-electron chi connectivity index (χ0n) is 11.7. The molecule has 0 radical (unpaired) electrons. The minimum absolute atomic E-state index is 0.393. The van der Waals surface area contributed by atoms with E-state index in [2.05, 4.69) is 19.2 Å². The summed E-state index contributed by atoms with van der Waals surface area (Å²) in [7, 11) is 0. The topological polar surface area (TPSA) is 30.5 Å². The smallest absolute Gasteiger partial charge is 0.119 e. The van der Waals surface area contributed by atoms with Gasteiger partial charge >= 0.3 is 0 Å². The highest BCUT2D eigenvalue weighted by atomic mass is 16.5. The molecule has 0 aliphatic rings. The molecule has 1 atom stereocenters. The van der Waals surface area contributed by atoms with E-state index in [1.807, 2.05) is 37.3 Å². The highest BCUT2D eigenvalue weighted by molar-refractivity contribution is 5.20. The van der Waals surface area contributed by atoms with Gasteiger partial charge in [-0.15, -0.1) is 0 Å². The van der Waals surface area contributed by atoms with Crippen LogP contribution in [0.15, 0.2) is 30.3 Å². The number of hydrogen-bond donors (Lipinski definition) is 1. The number of rotatable bonds is 9. The van der Waals surface area contributed by atoms with Gasteiger partial charge in [-0.05, 0) is 25.0 Å². The largest absolute Gasteiger partial charge is 0.492 e. The van der Waals surface area contributed by atoms with Gasteiger partial charge in [0.2, 0.25) is 0 Å². The molecular weight excluding hydrogens is 226 g/mol. The van der Waals surface area contributed by atoms with E-state index in [1.165, 1.54) is 0 Å². The molecule has 0 aromatic heterocycles. The maximum absolute atomic E-state index is 5.64. The Hall–Kier alpha value is -1.06. The van der Waals surface area contributed by atoms with Crippen molar-refractivity contribution >= 4 is 0 Å². The molecule has 0 saturated heterocycles. The van der Waals surface area contributed by atoms with E-state index >= 15 is 0 Å². The maximum Gasteiger partial charge on any atom is 0.119 e. The van der Waals surface area contributed by atoms with E-state index in [4.69, 9.17) is 9.47 Å². The predicted octanol–water partition coefficient (Wildman–Crippen LogP) is 2.72. The van der Waals surface area contributed by atoms with Gasteiger partial charge in [0.05, 0.1) is 6.61 Å². The number of para-hydroxylation sites is 1. The Labute approximate surface area is 110 Å². The standard InChI is InChI=1S/C15H25NO2/c1-4-17-12-15(13(2)3)16-10-11-18-14-8-6-5-7-9-14/h5-9,13,15-16H,4,10-12H2,1-3H3. The zero-order chi connectivity index (χ0) is 13.2. The fourth-order valence-electron chi connectivity index (χ4n) is 1.66. The minimum Gasteiger partial charge on any atom is -0.492 e. The van der Waals surface area contributed by atoms with Crippen LogP contribution in [0, 0.1) is 5.92 Å². The summed E-state index contributed by atoms with van der Waals surface area (Å²) in [4.78, 5) is 0. The van der Waals surface area contributed by atoms with Crippen LogP contribution in [0.1, 0.15) is 20.8 Å². The third-order valence-electron chi connectivity index (χ3n) is 2.83. The molecule has 1 N–H and O–H groups in total. The second kappa shape index (κ2) is 8.95. The third kappa shape index (κ3) is 6.03. The van der Waals surface area contributed by atoms with Crippen molar-refractivity contribution in [3.8, 4) is 5.75 Å². The number of ether oxygens (including phenoxy) is 2. The number of nitrogens with one attached hydrogen (secondary N) is 1. The van der Waals surface area contributed by atoms with Gasteiger partial charge in [0, 0.05) is 19.2 Å². The summed E-state index contributed by atoms with van der Waals surface area (Å²) in [5.41, 5.74) is 0. The van der Waals surface area contributed by atoms with E-state index in [0.29, 0.717) is 18.6 Å². The molecule has 0 fully saturated rings. The second-order valence-electron chi connectivity index (χ2n) is 4.63. The molecule has 102 valence electrons. The molecule has 1 unspecified atom stereocenters. The summed E-state index contributed by atoms with van der Waals surface area (Å²) in [5, 5.41) is 3.47. The van der Waals surface area contributed by atoms with Crippen molar-refractivity contribution in [2.75, 3.05) is 26.4 Å². The quantitative estimate of drug-likeness (QED) is 0.685. The van der Waals surface area contributed by atoms with Crippen LogP contribution in [-0.2, 0) is 4.74 Å². The first-order chi connectivity index (χ1) is 8.74. The first-order valence-corrected chi connectivity index (χ1v) is 6.73. The van der Waals surface area contributed by atoms with Gasteiger partial charge in [-0.25, -0.2) is 0 Å². The van der Waals surface area contributed by atoms with Gasteiger partial charge < -0.3 is 14.8 Å². The molecule has 0 aliphatic heterocycles. The highest BCUT2D eigenvalue weighted by Crippen LogP contribution is 2.07. The van der Waals surface area contributed by atoms with Crippen molar-refractivity contribution in [2.45, 2.75) is 26.8 Å². The Balaban J connectivity index is 2.18. The Bertz CT molecular complexity index is 301. The minimum atomic E-state index is 0.393. The van der Waals surface area contributed by atoms with E-state index in [0.717, 1.165) is 25.5 Å². The zero-order valence-corrected chi connectivity index (χ0v) is 11.7. The number of hydrogen-bond acceptors (Lipinski definition) is 3. The van der Waals surface area contributed by atoms with E-state index < -0.39 is 0 Å². The molecule has 0 amide bonds. The van der Waals surface area contributed by atoms with Crippen LogP contribution < -0.4 is 10.1 Å². The first kappa shape index (κ1) is 15.0. The predicted molar refractivity (Wildman–Crippen MR) is 75.1 cm³/mol. The van der Waals surface area contributed by atoms with Crippen molar-refractivity contribution < 1.29 is 9.47 Å². The molecule has 3 nitrogen and oxygen atoms in total. The van der Waals surface area contributed by atoms with Gasteiger partial charge in [-0.2, -0.15) is 0 Å². The highest BCUT2D eigenvalue weighted by Gasteiger charge is 2.12. The summed E-state index contributed by atoms with van der Waals surface area (Å²) in [6, 6.07) is 10.3. The van der Waals surface area contributed by atoms with Crippen LogP contribution in [0.4, 0.5) is 0 Å². The van der Waals surface area contributed by atoms with Gasteiger partial charge in [-0.1, -0.05) is 32.0 Å². The Morgan fingerprint density at radius 2 is 1.89 bits per heavy atom.